The Morgan fingerprint density at radius 3 is 2.75 bits per heavy atom. The maximum absolute atomic E-state index is 12.3. The molecule has 1 rings (SSSR count). The van der Waals surface area contributed by atoms with E-state index in [4.69, 9.17) is 4.74 Å². The van der Waals surface area contributed by atoms with Gasteiger partial charge in [-0.25, -0.2) is 4.98 Å². The molecule has 20 heavy (non-hydrogen) atoms. The smallest absolute Gasteiger partial charge is 0.251 e. The van der Waals surface area contributed by atoms with E-state index in [-0.39, 0.29) is 11.9 Å². The number of aryl methyl sites for hydroxylation is 1. The summed E-state index contributed by atoms with van der Waals surface area (Å²) >= 11 is 0. The lowest BCUT2D eigenvalue weighted by molar-refractivity contribution is 0.0891. The van der Waals surface area contributed by atoms with Crippen molar-refractivity contribution in [1.82, 2.24) is 10.3 Å². The Balaban J connectivity index is 2.79. The van der Waals surface area contributed by atoms with E-state index in [2.05, 4.69) is 22.5 Å². The summed E-state index contributed by atoms with van der Waals surface area (Å²) in [6.07, 6.45) is 1.91. The van der Waals surface area contributed by atoms with E-state index in [0.29, 0.717) is 12.2 Å². The van der Waals surface area contributed by atoms with Crippen LogP contribution in [-0.2, 0) is 4.74 Å². The quantitative estimate of drug-likeness (QED) is 0.767. The van der Waals surface area contributed by atoms with Gasteiger partial charge in [0.15, 0.2) is 0 Å². The number of ether oxygens (including phenoxy) is 1. The Hall–Kier alpha value is -1.62. The minimum absolute atomic E-state index is 0.0496. The minimum atomic E-state index is -0.0786. The van der Waals surface area contributed by atoms with Crippen LogP contribution in [0.3, 0.4) is 0 Å². The number of nitrogens with one attached hydrogen (secondary N) is 2. The fourth-order valence-electron chi connectivity index (χ4n) is 2.09. The number of carbonyl (C=O) groups excluding carboxylic acids is 1. The number of aromatic nitrogens is 1. The maximum atomic E-state index is 12.3. The zero-order valence-electron chi connectivity index (χ0n) is 12.8. The van der Waals surface area contributed by atoms with E-state index in [9.17, 15) is 4.79 Å². The van der Waals surface area contributed by atoms with Crippen molar-refractivity contribution in [3.8, 4) is 0 Å². The van der Waals surface area contributed by atoms with Gasteiger partial charge in [-0.15, -0.1) is 0 Å². The van der Waals surface area contributed by atoms with Crippen molar-refractivity contribution in [2.45, 2.75) is 39.7 Å². The molecule has 5 nitrogen and oxygen atoms in total. The number of pyridine rings is 1. The number of nitrogens with zero attached hydrogens (tertiary/aromatic N) is 1. The van der Waals surface area contributed by atoms with Crippen LogP contribution < -0.4 is 10.6 Å². The van der Waals surface area contributed by atoms with Gasteiger partial charge in [0.25, 0.3) is 5.91 Å². The molecule has 1 unspecified atom stereocenters. The number of hydrogen-bond donors (Lipinski definition) is 2. The number of hydrogen-bond acceptors (Lipinski definition) is 4. The molecule has 1 atom stereocenters. The summed E-state index contributed by atoms with van der Waals surface area (Å²) in [7, 11) is 1.65. The third-order valence-electron chi connectivity index (χ3n) is 2.91. The van der Waals surface area contributed by atoms with Crippen molar-refractivity contribution in [1.29, 1.82) is 0 Å². The Morgan fingerprint density at radius 1 is 1.40 bits per heavy atom. The van der Waals surface area contributed by atoms with Crippen LogP contribution in [0.25, 0.3) is 0 Å². The van der Waals surface area contributed by atoms with Crippen LogP contribution in [0.1, 0.15) is 42.7 Å². The van der Waals surface area contributed by atoms with Crippen LogP contribution in [0.2, 0.25) is 0 Å². The predicted octanol–water partition coefficient (Wildman–Crippen LogP) is 2.37. The molecule has 1 aromatic rings. The SMILES string of the molecule is CCCC(COC)NC(=O)c1cc(C)nc(NCC)c1. The van der Waals surface area contributed by atoms with E-state index >= 15 is 0 Å². The lowest BCUT2D eigenvalue weighted by Gasteiger charge is -2.17. The number of anilines is 1. The van der Waals surface area contributed by atoms with Gasteiger partial charge in [0, 0.05) is 24.9 Å². The molecule has 0 radical (unpaired) electrons. The summed E-state index contributed by atoms with van der Waals surface area (Å²) < 4.78 is 5.14. The van der Waals surface area contributed by atoms with Gasteiger partial charge in [-0.05, 0) is 32.4 Å². The van der Waals surface area contributed by atoms with Crippen molar-refractivity contribution in [2.75, 3.05) is 25.6 Å². The molecule has 0 aliphatic heterocycles. The molecule has 0 saturated heterocycles. The van der Waals surface area contributed by atoms with Gasteiger partial charge >= 0.3 is 0 Å². The van der Waals surface area contributed by atoms with Crippen molar-refractivity contribution in [2.24, 2.45) is 0 Å². The van der Waals surface area contributed by atoms with E-state index in [0.717, 1.165) is 30.9 Å². The summed E-state index contributed by atoms with van der Waals surface area (Å²) in [5.41, 5.74) is 1.46. The standard InChI is InChI=1S/C15H25N3O2/c1-5-7-13(10-20-4)18-15(19)12-8-11(3)17-14(9-12)16-6-2/h8-9,13H,5-7,10H2,1-4H3,(H,16,17)(H,18,19). The number of methoxy groups -OCH3 is 1. The number of carbonyl (C=O) groups is 1. The topological polar surface area (TPSA) is 63.2 Å². The Bertz CT molecular complexity index is 429. The fraction of sp³-hybridized carbons (Fsp3) is 0.600. The highest BCUT2D eigenvalue weighted by atomic mass is 16.5. The normalized spacial score (nSPS) is 12.0. The summed E-state index contributed by atoms with van der Waals surface area (Å²) in [6.45, 7) is 7.29. The molecule has 0 aromatic carbocycles. The molecule has 112 valence electrons. The molecule has 2 N–H and O–H groups in total. The number of rotatable bonds is 8. The average Bonchev–Trinajstić information content (AvgIpc) is 2.39. The highest BCUT2D eigenvalue weighted by molar-refractivity contribution is 5.95. The lowest BCUT2D eigenvalue weighted by Crippen LogP contribution is -2.38. The van der Waals surface area contributed by atoms with E-state index < -0.39 is 0 Å². The van der Waals surface area contributed by atoms with Crippen LogP contribution in [0.5, 0.6) is 0 Å². The summed E-state index contributed by atoms with van der Waals surface area (Å²) in [6, 6.07) is 3.63. The lowest BCUT2D eigenvalue weighted by atomic mass is 10.1. The largest absolute Gasteiger partial charge is 0.383 e. The van der Waals surface area contributed by atoms with Crippen LogP contribution in [-0.4, -0.2) is 37.2 Å². The molecule has 0 spiro atoms. The molecule has 0 saturated carbocycles. The Morgan fingerprint density at radius 2 is 2.15 bits per heavy atom. The molecule has 1 heterocycles. The molecule has 0 bridgehead atoms. The van der Waals surface area contributed by atoms with Crippen LogP contribution in [0.15, 0.2) is 12.1 Å². The third-order valence-corrected chi connectivity index (χ3v) is 2.91. The summed E-state index contributed by atoms with van der Waals surface area (Å²) in [4.78, 5) is 16.6. The summed E-state index contributed by atoms with van der Waals surface area (Å²) in [5, 5.41) is 6.14. The monoisotopic (exact) mass is 279 g/mol. The van der Waals surface area contributed by atoms with Crippen molar-refractivity contribution < 1.29 is 9.53 Å². The maximum Gasteiger partial charge on any atom is 0.251 e. The van der Waals surface area contributed by atoms with Gasteiger partial charge in [0.1, 0.15) is 5.82 Å². The highest BCUT2D eigenvalue weighted by Crippen LogP contribution is 2.11. The fourth-order valence-corrected chi connectivity index (χ4v) is 2.09. The van der Waals surface area contributed by atoms with Crippen molar-refractivity contribution in [3.05, 3.63) is 23.4 Å². The first kappa shape index (κ1) is 16.4. The van der Waals surface area contributed by atoms with Crippen LogP contribution in [0.4, 0.5) is 5.82 Å². The third kappa shape index (κ3) is 5.17. The molecule has 0 aliphatic carbocycles. The predicted molar refractivity (Wildman–Crippen MR) is 81.2 cm³/mol. The molecular formula is C15H25N3O2. The second-order valence-corrected chi connectivity index (χ2v) is 4.83. The molecule has 0 aliphatic rings. The van der Waals surface area contributed by atoms with E-state index in [1.807, 2.05) is 13.8 Å². The van der Waals surface area contributed by atoms with Gasteiger partial charge in [0.05, 0.1) is 12.6 Å². The van der Waals surface area contributed by atoms with Crippen molar-refractivity contribution >= 4 is 11.7 Å². The first-order chi connectivity index (χ1) is 9.60. The van der Waals surface area contributed by atoms with Crippen LogP contribution >= 0.6 is 0 Å². The molecule has 0 fully saturated rings. The Labute approximate surface area is 121 Å². The molecule has 1 aromatic heterocycles. The van der Waals surface area contributed by atoms with Gasteiger partial charge in [0.2, 0.25) is 0 Å². The number of amides is 1. The Kier molecular flexibility index (Phi) is 7.01. The van der Waals surface area contributed by atoms with Gasteiger partial charge in [-0.3, -0.25) is 4.79 Å². The first-order valence-electron chi connectivity index (χ1n) is 7.13. The second kappa shape index (κ2) is 8.53. The second-order valence-electron chi connectivity index (χ2n) is 4.83. The zero-order valence-corrected chi connectivity index (χ0v) is 12.8. The van der Waals surface area contributed by atoms with E-state index in [1.165, 1.54) is 0 Å². The zero-order chi connectivity index (χ0) is 15.0. The first-order valence-corrected chi connectivity index (χ1v) is 7.13. The average molecular weight is 279 g/mol. The highest BCUT2D eigenvalue weighted by Gasteiger charge is 2.14. The molecular weight excluding hydrogens is 254 g/mol. The van der Waals surface area contributed by atoms with Gasteiger partial charge in [-0.2, -0.15) is 0 Å². The van der Waals surface area contributed by atoms with Crippen molar-refractivity contribution in [3.63, 3.8) is 0 Å². The minimum Gasteiger partial charge on any atom is -0.383 e. The van der Waals surface area contributed by atoms with E-state index in [1.54, 1.807) is 19.2 Å². The van der Waals surface area contributed by atoms with Gasteiger partial charge < -0.3 is 15.4 Å². The molecule has 5 heteroatoms. The van der Waals surface area contributed by atoms with Gasteiger partial charge in [-0.1, -0.05) is 13.3 Å². The van der Waals surface area contributed by atoms with Crippen LogP contribution in [0, 0.1) is 6.92 Å². The molecule has 1 amide bonds. The summed E-state index contributed by atoms with van der Waals surface area (Å²) in [5.74, 6) is 0.654.